The second-order valence-corrected chi connectivity index (χ2v) is 3.83. The van der Waals surface area contributed by atoms with Crippen LogP contribution in [0.25, 0.3) is 0 Å². The predicted molar refractivity (Wildman–Crippen MR) is 74.3 cm³/mol. The number of hydrogen-bond donors (Lipinski definition) is 2. The molecule has 2 N–H and O–H groups in total. The van der Waals surface area contributed by atoms with Crippen LogP contribution in [0.2, 0.25) is 0 Å². The number of nitrogens with zero attached hydrogens (tertiary/aromatic N) is 1. The Hall–Kier alpha value is -1.46. The maximum atomic E-state index is 5.05. The summed E-state index contributed by atoms with van der Waals surface area (Å²) >= 11 is 5.05. The number of benzene rings is 1. The minimum Gasteiger partial charge on any atom is -0.383 e. The van der Waals surface area contributed by atoms with Gasteiger partial charge in [-0.1, -0.05) is 30.3 Å². The molecule has 0 saturated carbocycles. The van der Waals surface area contributed by atoms with Gasteiger partial charge >= 0.3 is 0 Å². The number of hydrogen-bond acceptors (Lipinski definition) is 3. The second-order valence-electron chi connectivity index (χ2n) is 3.42. The van der Waals surface area contributed by atoms with Crippen molar-refractivity contribution in [1.82, 2.24) is 10.7 Å². The SMILES string of the molecule is COCCNC(=S)NN=C(C)c1ccccc1. The van der Waals surface area contributed by atoms with Crippen molar-refractivity contribution in [1.29, 1.82) is 0 Å². The van der Waals surface area contributed by atoms with Crippen molar-refractivity contribution in [3.05, 3.63) is 35.9 Å². The van der Waals surface area contributed by atoms with E-state index in [1.807, 2.05) is 37.3 Å². The third-order valence-electron chi connectivity index (χ3n) is 2.11. The van der Waals surface area contributed by atoms with Gasteiger partial charge in [0, 0.05) is 13.7 Å². The lowest BCUT2D eigenvalue weighted by Gasteiger charge is -2.07. The first-order chi connectivity index (χ1) is 8.24. The molecule has 0 heterocycles. The molecule has 0 aliphatic heterocycles. The number of nitrogens with one attached hydrogen (secondary N) is 2. The molecule has 0 aromatic heterocycles. The zero-order chi connectivity index (χ0) is 12.5. The first kappa shape index (κ1) is 13.6. The van der Waals surface area contributed by atoms with Gasteiger partial charge in [0.1, 0.15) is 0 Å². The fourth-order valence-electron chi connectivity index (χ4n) is 1.18. The summed E-state index contributed by atoms with van der Waals surface area (Å²) in [4.78, 5) is 0. The van der Waals surface area contributed by atoms with E-state index < -0.39 is 0 Å². The molecule has 0 spiro atoms. The molecule has 17 heavy (non-hydrogen) atoms. The molecule has 1 aromatic rings. The van der Waals surface area contributed by atoms with E-state index in [-0.39, 0.29) is 0 Å². The number of hydrazone groups is 1. The molecule has 0 fully saturated rings. The molecule has 0 amide bonds. The van der Waals surface area contributed by atoms with Crippen LogP contribution < -0.4 is 10.7 Å². The average molecular weight is 251 g/mol. The highest BCUT2D eigenvalue weighted by atomic mass is 32.1. The summed E-state index contributed by atoms with van der Waals surface area (Å²) in [5.41, 5.74) is 4.75. The Morgan fingerprint density at radius 1 is 1.35 bits per heavy atom. The van der Waals surface area contributed by atoms with Gasteiger partial charge in [0.05, 0.1) is 12.3 Å². The molecule has 0 saturated heterocycles. The van der Waals surface area contributed by atoms with E-state index in [9.17, 15) is 0 Å². The van der Waals surface area contributed by atoms with Gasteiger partial charge in [0.25, 0.3) is 0 Å². The quantitative estimate of drug-likeness (QED) is 0.360. The number of ether oxygens (including phenoxy) is 1. The van der Waals surface area contributed by atoms with Crippen LogP contribution in [-0.4, -0.2) is 31.1 Å². The van der Waals surface area contributed by atoms with Gasteiger partial charge in [-0.25, -0.2) is 0 Å². The molecule has 0 radical (unpaired) electrons. The van der Waals surface area contributed by atoms with Crippen molar-refractivity contribution >= 4 is 23.0 Å². The lowest BCUT2D eigenvalue weighted by Crippen LogP contribution is -2.34. The van der Waals surface area contributed by atoms with Crippen LogP contribution in [0.5, 0.6) is 0 Å². The van der Waals surface area contributed by atoms with Gasteiger partial charge in [-0.3, -0.25) is 5.43 Å². The average Bonchev–Trinajstić information content (AvgIpc) is 2.37. The highest BCUT2D eigenvalue weighted by Gasteiger charge is 1.96. The summed E-state index contributed by atoms with van der Waals surface area (Å²) in [7, 11) is 1.65. The van der Waals surface area contributed by atoms with Gasteiger partial charge < -0.3 is 10.1 Å². The van der Waals surface area contributed by atoms with Crippen LogP contribution in [-0.2, 0) is 4.74 Å². The fourth-order valence-corrected chi connectivity index (χ4v) is 1.33. The topological polar surface area (TPSA) is 45.6 Å². The van der Waals surface area contributed by atoms with Crippen molar-refractivity contribution in [3.63, 3.8) is 0 Å². The van der Waals surface area contributed by atoms with Gasteiger partial charge in [-0.2, -0.15) is 5.10 Å². The van der Waals surface area contributed by atoms with E-state index in [4.69, 9.17) is 17.0 Å². The zero-order valence-electron chi connectivity index (χ0n) is 10.1. The minimum atomic E-state index is 0.498. The van der Waals surface area contributed by atoms with E-state index >= 15 is 0 Å². The Kier molecular flexibility index (Phi) is 6.21. The third-order valence-corrected chi connectivity index (χ3v) is 2.34. The summed E-state index contributed by atoms with van der Waals surface area (Å²) in [6, 6.07) is 9.93. The van der Waals surface area contributed by atoms with Gasteiger partial charge in [-0.15, -0.1) is 0 Å². The molecule has 0 unspecified atom stereocenters. The van der Waals surface area contributed by atoms with Crippen molar-refractivity contribution in [2.75, 3.05) is 20.3 Å². The molecular weight excluding hydrogens is 234 g/mol. The molecule has 0 aliphatic carbocycles. The second kappa shape index (κ2) is 7.76. The Labute approximate surface area is 107 Å². The van der Waals surface area contributed by atoms with Crippen LogP contribution >= 0.6 is 12.2 Å². The van der Waals surface area contributed by atoms with E-state index in [0.29, 0.717) is 18.3 Å². The van der Waals surface area contributed by atoms with Crippen molar-refractivity contribution < 1.29 is 4.74 Å². The Morgan fingerprint density at radius 3 is 2.71 bits per heavy atom. The van der Waals surface area contributed by atoms with Crippen LogP contribution in [0, 0.1) is 0 Å². The zero-order valence-corrected chi connectivity index (χ0v) is 10.9. The van der Waals surface area contributed by atoms with Crippen LogP contribution in [0.15, 0.2) is 35.4 Å². The summed E-state index contributed by atoms with van der Waals surface area (Å²) in [6.07, 6.45) is 0. The highest BCUT2D eigenvalue weighted by molar-refractivity contribution is 7.80. The summed E-state index contributed by atoms with van der Waals surface area (Å²) in [5, 5.41) is 7.67. The smallest absolute Gasteiger partial charge is 0.187 e. The van der Waals surface area contributed by atoms with Crippen LogP contribution in [0.1, 0.15) is 12.5 Å². The molecule has 5 heteroatoms. The first-order valence-electron chi connectivity index (χ1n) is 5.36. The molecule has 0 atom stereocenters. The van der Waals surface area contributed by atoms with Crippen molar-refractivity contribution in [2.24, 2.45) is 5.10 Å². The van der Waals surface area contributed by atoms with Crippen LogP contribution in [0.4, 0.5) is 0 Å². The van der Waals surface area contributed by atoms with Gasteiger partial charge in [0.15, 0.2) is 5.11 Å². The van der Waals surface area contributed by atoms with Crippen molar-refractivity contribution in [3.8, 4) is 0 Å². The van der Waals surface area contributed by atoms with Crippen molar-refractivity contribution in [2.45, 2.75) is 6.92 Å². The Balaban J connectivity index is 2.40. The Bertz CT molecular complexity index is 379. The summed E-state index contributed by atoms with van der Waals surface area (Å²) in [6.45, 7) is 3.21. The summed E-state index contributed by atoms with van der Waals surface area (Å²) in [5.74, 6) is 0. The third kappa shape index (κ3) is 5.42. The van der Waals surface area contributed by atoms with E-state index in [1.165, 1.54) is 0 Å². The van der Waals surface area contributed by atoms with E-state index in [0.717, 1.165) is 11.3 Å². The molecule has 92 valence electrons. The number of thiocarbonyl (C=S) groups is 1. The largest absolute Gasteiger partial charge is 0.383 e. The Morgan fingerprint density at radius 2 is 2.06 bits per heavy atom. The number of methoxy groups -OCH3 is 1. The van der Waals surface area contributed by atoms with E-state index in [2.05, 4.69) is 15.8 Å². The lowest BCUT2D eigenvalue weighted by molar-refractivity contribution is 0.204. The molecule has 1 aromatic carbocycles. The monoisotopic (exact) mass is 251 g/mol. The normalized spacial score (nSPS) is 11.1. The molecule has 0 aliphatic rings. The maximum Gasteiger partial charge on any atom is 0.187 e. The molecule has 1 rings (SSSR count). The van der Waals surface area contributed by atoms with E-state index in [1.54, 1.807) is 7.11 Å². The first-order valence-corrected chi connectivity index (χ1v) is 5.77. The highest BCUT2D eigenvalue weighted by Crippen LogP contribution is 1.99. The minimum absolute atomic E-state index is 0.498. The molecule has 4 nitrogen and oxygen atoms in total. The fraction of sp³-hybridized carbons (Fsp3) is 0.333. The maximum absolute atomic E-state index is 5.05. The van der Waals surface area contributed by atoms with Crippen LogP contribution in [0.3, 0.4) is 0 Å². The molecule has 0 bridgehead atoms. The van der Waals surface area contributed by atoms with Gasteiger partial charge in [-0.05, 0) is 24.7 Å². The predicted octanol–water partition coefficient (Wildman–Crippen LogP) is 1.52. The van der Waals surface area contributed by atoms with Gasteiger partial charge in [0.2, 0.25) is 0 Å². The molecular formula is C12H17N3OS. The summed E-state index contributed by atoms with van der Waals surface area (Å²) < 4.78 is 4.90. The lowest BCUT2D eigenvalue weighted by atomic mass is 10.1. The number of rotatable bonds is 5. The standard InChI is InChI=1S/C12H17N3OS/c1-10(11-6-4-3-5-7-11)14-15-12(17)13-8-9-16-2/h3-7H,8-9H2,1-2H3,(H2,13,15,17).